The highest BCUT2D eigenvalue weighted by molar-refractivity contribution is 7.80. The van der Waals surface area contributed by atoms with Gasteiger partial charge in [-0.25, -0.2) is 0 Å². The van der Waals surface area contributed by atoms with Crippen molar-refractivity contribution < 1.29 is 14.3 Å². The summed E-state index contributed by atoms with van der Waals surface area (Å²) in [7, 11) is 0. The fraction of sp³-hybridized carbons (Fsp3) is 0.308. The molecule has 1 fully saturated rings. The van der Waals surface area contributed by atoms with Crippen LogP contribution in [0.5, 0.6) is 0 Å². The summed E-state index contributed by atoms with van der Waals surface area (Å²) in [5.74, 6) is -0.873. The van der Waals surface area contributed by atoms with Gasteiger partial charge in [0, 0.05) is 6.54 Å². The highest BCUT2D eigenvalue weighted by atomic mass is 32.1. The summed E-state index contributed by atoms with van der Waals surface area (Å²) in [6, 6.07) is 0. The van der Waals surface area contributed by atoms with E-state index in [2.05, 4.69) is 11.9 Å². The number of carbonyl (C=O) groups excluding carboxylic acids is 2. The van der Waals surface area contributed by atoms with E-state index in [0.29, 0.717) is 6.61 Å². The molecule has 2 heterocycles. The van der Waals surface area contributed by atoms with E-state index >= 15 is 0 Å². The molecule has 0 aromatic carbocycles. The molecule has 0 aromatic rings. The fourth-order valence-corrected chi connectivity index (χ4v) is 2.12. The maximum atomic E-state index is 12.2. The van der Waals surface area contributed by atoms with Gasteiger partial charge in [-0.1, -0.05) is 6.08 Å². The molecular weight excluding hydrogens is 264 g/mol. The maximum Gasteiger partial charge on any atom is 0.265 e. The first-order chi connectivity index (χ1) is 9.13. The molecule has 2 rings (SSSR count). The van der Waals surface area contributed by atoms with Crippen LogP contribution in [-0.2, 0) is 14.3 Å². The zero-order chi connectivity index (χ0) is 13.8. The third-order valence-corrected chi connectivity index (χ3v) is 3.11. The van der Waals surface area contributed by atoms with Crippen LogP contribution in [0.4, 0.5) is 0 Å². The number of thiocarbonyl (C=S) groups is 1. The molecule has 0 spiro atoms. The molecule has 0 aromatic heterocycles. The lowest BCUT2D eigenvalue weighted by molar-refractivity contribution is -0.128. The van der Waals surface area contributed by atoms with Gasteiger partial charge in [0.1, 0.15) is 5.57 Å². The van der Waals surface area contributed by atoms with E-state index in [4.69, 9.17) is 17.0 Å². The maximum absolute atomic E-state index is 12.2. The first-order valence-corrected chi connectivity index (χ1v) is 6.34. The predicted octanol–water partition coefficient (Wildman–Crippen LogP) is 1.04. The Labute approximate surface area is 116 Å². The number of allylic oxidation sites excluding steroid dienone is 2. The normalized spacial score (nSPS) is 21.9. The first-order valence-electron chi connectivity index (χ1n) is 5.94. The lowest BCUT2D eigenvalue weighted by Gasteiger charge is -2.28. The van der Waals surface area contributed by atoms with Crippen LogP contribution in [0.25, 0.3) is 0 Å². The van der Waals surface area contributed by atoms with Gasteiger partial charge in [0.25, 0.3) is 11.8 Å². The zero-order valence-electron chi connectivity index (χ0n) is 10.3. The van der Waals surface area contributed by atoms with E-state index in [-0.39, 0.29) is 17.2 Å². The van der Waals surface area contributed by atoms with Crippen molar-refractivity contribution >= 4 is 29.1 Å². The minimum absolute atomic E-state index is 0.0761. The van der Waals surface area contributed by atoms with Crippen LogP contribution in [0.1, 0.15) is 12.8 Å². The van der Waals surface area contributed by atoms with Crippen molar-refractivity contribution in [2.24, 2.45) is 0 Å². The Morgan fingerprint density at radius 2 is 2.32 bits per heavy atom. The Morgan fingerprint density at radius 3 is 2.95 bits per heavy atom. The SMILES string of the molecule is C=CCN1C(=O)/C(=C/C2=COCCC2)C(=O)NC1=S. The predicted molar refractivity (Wildman–Crippen MR) is 74.0 cm³/mol. The van der Waals surface area contributed by atoms with Gasteiger partial charge in [-0.05, 0) is 36.7 Å². The molecule has 19 heavy (non-hydrogen) atoms. The van der Waals surface area contributed by atoms with Gasteiger partial charge < -0.3 is 4.74 Å². The number of carbonyl (C=O) groups is 2. The Balaban J connectivity index is 2.27. The lowest BCUT2D eigenvalue weighted by Crippen LogP contribution is -2.54. The summed E-state index contributed by atoms with van der Waals surface area (Å²) in [5, 5.41) is 2.61. The standard InChI is InChI=1S/C13H14N2O3S/c1-2-5-15-12(17)10(11(16)14-13(15)19)7-9-4-3-6-18-8-9/h2,7-8H,1,3-6H2,(H,14,16,19)/b10-7+. The van der Waals surface area contributed by atoms with Crippen molar-refractivity contribution in [3.05, 3.63) is 36.1 Å². The van der Waals surface area contributed by atoms with E-state index in [1.54, 1.807) is 18.4 Å². The minimum atomic E-state index is -0.471. The average Bonchev–Trinajstić information content (AvgIpc) is 2.41. The van der Waals surface area contributed by atoms with E-state index in [1.165, 1.54) is 4.90 Å². The number of hydrogen-bond acceptors (Lipinski definition) is 4. The quantitative estimate of drug-likeness (QED) is 0.363. The van der Waals surface area contributed by atoms with Crippen LogP contribution in [-0.4, -0.2) is 35.0 Å². The molecule has 1 saturated heterocycles. The van der Waals surface area contributed by atoms with Gasteiger partial charge in [-0.2, -0.15) is 0 Å². The summed E-state index contributed by atoms with van der Waals surface area (Å²) in [6.07, 6.45) is 6.37. The van der Waals surface area contributed by atoms with Crippen LogP contribution < -0.4 is 5.32 Å². The molecule has 0 aliphatic carbocycles. The van der Waals surface area contributed by atoms with Crippen LogP contribution in [0.15, 0.2) is 36.1 Å². The third-order valence-electron chi connectivity index (χ3n) is 2.79. The van der Waals surface area contributed by atoms with Crippen LogP contribution in [0, 0.1) is 0 Å². The second-order valence-electron chi connectivity index (χ2n) is 4.19. The molecule has 1 N–H and O–H groups in total. The highest BCUT2D eigenvalue weighted by Crippen LogP contribution is 2.18. The second-order valence-corrected chi connectivity index (χ2v) is 4.58. The van der Waals surface area contributed by atoms with E-state index in [9.17, 15) is 9.59 Å². The van der Waals surface area contributed by atoms with Crippen molar-refractivity contribution in [2.75, 3.05) is 13.2 Å². The molecule has 2 amide bonds. The molecule has 2 aliphatic heterocycles. The van der Waals surface area contributed by atoms with Crippen molar-refractivity contribution in [3.8, 4) is 0 Å². The molecule has 2 aliphatic rings. The van der Waals surface area contributed by atoms with Gasteiger partial charge in [0.2, 0.25) is 0 Å². The largest absolute Gasteiger partial charge is 0.501 e. The van der Waals surface area contributed by atoms with Gasteiger partial charge in [-0.15, -0.1) is 6.58 Å². The smallest absolute Gasteiger partial charge is 0.265 e. The summed E-state index contributed by atoms with van der Waals surface area (Å²) >= 11 is 4.96. The van der Waals surface area contributed by atoms with E-state index < -0.39 is 11.8 Å². The van der Waals surface area contributed by atoms with Gasteiger partial charge in [0.05, 0.1) is 12.9 Å². The van der Waals surface area contributed by atoms with Crippen LogP contribution in [0.2, 0.25) is 0 Å². The first kappa shape index (κ1) is 13.5. The Morgan fingerprint density at radius 1 is 1.53 bits per heavy atom. The monoisotopic (exact) mass is 278 g/mol. The average molecular weight is 278 g/mol. The summed E-state index contributed by atoms with van der Waals surface area (Å²) < 4.78 is 5.18. The molecule has 0 unspecified atom stereocenters. The summed E-state index contributed by atoms with van der Waals surface area (Å²) in [4.78, 5) is 25.3. The Kier molecular flexibility index (Phi) is 4.11. The Bertz CT molecular complexity index is 508. The number of amides is 2. The summed E-state index contributed by atoms with van der Waals surface area (Å²) in [5.41, 5.74) is 0.906. The Hall–Kier alpha value is -1.95. The molecule has 0 saturated carbocycles. The van der Waals surface area contributed by atoms with Gasteiger partial charge in [0.15, 0.2) is 5.11 Å². The topological polar surface area (TPSA) is 58.6 Å². The fourth-order valence-electron chi connectivity index (χ4n) is 1.86. The van der Waals surface area contributed by atoms with Crippen molar-refractivity contribution in [2.45, 2.75) is 12.8 Å². The molecular formula is C13H14N2O3S. The number of hydrogen-bond donors (Lipinski definition) is 1. The number of nitrogens with zero attached hydrogens (tertiary/aromatic N) is 1. The van der Waals surface area contributed by atoms with Crippen LogP contribution in [0.3, 0.4) is 0 Å². The van der Waals surface area contributed by atoms with Gasteiger partial charge >= 0.3 is 0 Å². The van der Waals surface area contributed by atoms with E-state index in [1.807, 2.05) is 0 Å². The summed E-state index contributed by atoms with van der Waals surface area (Å²) in [6.45, 7) is 4.50. The van der Waals surface area contributed by atoms with E-state index in [0.717, 1.165) is 18.4 Å². The molecule has 0 bridgehead atoms. The molecule has 0 radical (unpaired) electrons. The molecule has 5 nitrogen and oxygen atoms in total. The van der Waals surface area contributed by atoms with Gasteiger partial charge in [-0.3, -0.25) is 19.8 Å². The lowest BCUT2D eigenvalue weighted by atomic mass is 10.0. The zero-order valence-corrected chi connectivity index (χ0v) is 11.2. The van der Waals surface area contributed by atoms with Crippen molar-refractivity contribution in [1.82, 2.24) is 10.2 Å². The number of nitrogens with one attached hydrogen (secondary N) is 1. The molecule has 6 heteroatoms. The van der Waals surface area contributed by atoms with Crippen molar-refractivity contribution in [3.63, 3.8) is 0 Å². The number of rotatable bonds is 3. The second kappa shape index (κ2) is 5.79. The number of ether oxygens (including phenoxy) is 1. The molecule has 100 valence electrons. The highest BCUT2D eigenvalue weighted by Gasteiger charge is 2.32. The third kappa shape index (κ3) is 2.90. The minimum Gasteiger partial charge on any atom is -0.501 e. The van der Waals surface area contributed by atoms with Crippen molar-refractivity contribution in [1.29, 1.82) is 0 Å². The van der Waals surface area contributed by atoms with Crippen LogP contribution >= 0.6 is 12.2 Å². The molecule has 0 atom stereocenters.